The van der Waals surface area contributed by atoms with Gasteiger partial charge in [-0.25, -0.2) is 4.79 Å². The van der Waals surface area contributed by atoms with Crippen molar-refractivity contribution in [1.82, 2.24) is 9.72 Å². The van der Waals surface area contributed by atoms with Gasteiger partial charge in [-0.2, -0.15) is 0 Å². The van der Waals surface area contributed by atoms with Crippen molar-refractivity contribution in [2.24, 2.45) is 0 Å². The van der Waals surface area contributed by atoms with Gasteiger partial charge in [-0.3, -0.25) is 14.2 Å². The van der Waals surface area contributed by atoms with Crippen LogP contribution in [-0.4, -0.2) is 28.2 Å². The lowest BCUT2D eigenvalue weighted by Crippen LogP contribution is -2.32. The fraction of sp³-hybridized carbons (Fsp3) is 0.294. The summed E-state index contributed by atoms with van der Waals surface area (Å²) in [4.78, 5) is 36.8. The van der Waals surface area contributed by atoms with E-state index in [-0.39, 0.29) is 24.4 Å². The van der Waals surface area contributed by atoms with E-state index >= 15 is 0 Å². The lowest BCUT2D eigenvalue weighted by Gasteiger charge is -2.17. The van der Waals surface area contributed by atoms with Gasteiger partial charge in [-0.05, 0) is 26.0 Å². The molecule has 0 bridgehead atoms. The molecule has 2 aromatic rings. The summed E-state index contributed by atoms with van der Waals surface area (Å²) in [6.07, 6.45) is 6.68. The molecule has 2 rings (SSSR count). The Hall–Kier alpha value is -3.34. The highest BCUT2D eigenvalue weighted by molar-refractivity contribution is 6.02. The van der Waals surface area contributed by atoms with Gasteiger partial charge in [0.05, 0.1) is 6.61 Å². The van der Waals surface area contributed by atoms with Gasteiger partial charge >= 0.3 is 5.97 Å². The van der Waals surface area contributed by atoms with E-state index < -0.39 is 23.5 Å². The maximum absolute atomic E-state index is 12.6. The first-order chi connectivity index (χ1) is 12.0. The van der Waals surface area contributed by atoms with Crippen molar-refractivity contribution in [2.45, 2.75) is 26.3 Å². The number of rotatable bonds is 6. The van der Waals surface area contributed by atoms with Gasteiger partial charge in [-0.15, -0.1) is 12.3 Å². The second kappa shape index (κ2) is 7.97. The lowest BCUT2D eigenvalue weighted by atomic mass is 10.2. The summed E-state index contributed by atoms with van der Waals surface area (Å²) in [5, 5.41) is 6.03. The molecule has 0 fully saturated rings. The van der Waals surface area contributed by atoms with Crippen molar-refractivity contribution in [3.8, 4) is 12.3 Å². The lowest BCUT2D eigenvalue weighted by molar-refractivity contribution is -0.147. The normalized spacial score (nSPS) is 11.4. The van der Waals surface area contributed by atoms with Crippen molar-refractivity contribution >= 4 is 17.6 Å². The maximum atomic E-state index is 12.6. The van der Waals surface area contributed by atoms with Crippen LogP contribution in [0.1, 0.15) is 35.6 Å². The quantitative estimate of drug-likeness (QED) is 0.630. The number of hydrogen-bond acceptors (Lipinski definition) is 6. The summed E-state index contributed by atoms with van der Waals surface area (Å²) in [5.74, 6) is 1.60. The molecule has 0 aromatic carbocycles. The number of pyridine rings is 1. The Labute approximate surface area is 143 Å². The molecule has 0 aliphatic carbocycles. The molecule has 0 aliphatic heterocycles. The fourth-order valence-electron chi connectivity index (χ4n) is 2.16. The van der Waals surface area contributed by atoms with Gasteiger partial charge in [0.15, 0.2) is 5.69 Å². The van der Waals surface area contributed by atoms with Crippen LogP contribution in [0.3, 0.4) is 0 Å². The first-order valence-corrected chi connectivity index (χ1v) is 7.53. The van der Waals surface area contributed by atoms with E-state index in [4.69, 9.17) is 15.7 Å². The highest BCUT2D eigenvalue weighted by atomic mass is 16.5. The van der Waals surface area contributed by atoms with Crippen LogP contribution in [-0.2, 0) is 9.53 Å². The highest BCUT2D eigenvalue weighted by Crippen LogP contribution is 2.13. The van der Waals surface area contributed by atoms with Gasteiger partial charge in [0, 0.05) is 18.7 Å². The number of ether oxygens (including phenoxy) is 1. The minimum absolute atomic E-state index is 0.0144. The van der Waals surface area contributed by atoms with Crippen LogP contribution in [0.25, 0.3) is 0 Å². The smallest absolute Gasteiger partial charge is 0.330 e. The first-order valence-electron chi connectivity index (χ1n) is 7.53. The molecule has 8 nitrogen and oxygen atoms in total. The number of carbonyl (C=O) groups is 2. The third kappa shape index (κ3) is 4.14. The molecule has 1 atom stereocenters. The number of nitrogens with zero attached hydrogens (tertiary/aromatic N) is 2. The fourth-order valence-corrected chi connectivity index (χ4v) is 2.16. The zero-order valence-corrected chi connectivity index (χ0v) is 13.8. The zero-order valence-electron chi connectivity index (χ0n) is 13.8. The molecule has 0 aliphatic rings. The summed E-state index contributed by atoms with van der Waals surface area (Å²) >= 11 is 0. The van der Waals surface area contributed by atoms with Crippen LogP contribution in [0.4, 0.5) is 5.69 Å². The van der Waals surface area contributed by atoms with E-state index in [1.807, 2.05) is 0 Å². The number of terminal acetylenes is 1. The minimum Gasteiger partial charge on any atom is -0.464 e. The summed E-state index contributed by atoms with van der Waals surface area (Å²) in [6.45, 7) is 3.46. The van der Waals surface area contributed by atoms with Gasteiger partial charge in [0.25, 0.3) is 11.5 Å². The van der Waals surface area contributed by atoms with Gasteiger partial charge in [-0.1, -0.05) is 5.16 Å². The van der Waals surface area contributed by atoms with Crippen LogP contribution in [0.5, 0.6) is 0 Å². The molecule has 130 valence electrons. The molecule has 1 N–H and O–H groups in total. The van der Waals surface area contributed by atoms with Crippen LogP contribution in [0, 0.1) is 19.3 Å². The highest BCUT2D eigenvalue weighted by Gasteiger charge is 2.23. The second-order valence-electron chi connectivity index (χ2n) is 5.09. The van der Waals surface area contributed by atoms with Gasteiger partial charge in [0.2, 0.25) is 0 Å². The first kappa shape index (κ1) is 18.0. The van der Waals surface area contributed by atoms with Crippen molar-refractivity contribution in [2.75, 3.05) is 11.9 Å². The molecule has 0 spiro atoms. The van der Waals surface area contributed by atoms with Crippen LogP contribution >= 0.6 is 0 Å². The Morgan fingerprint density at radius 1 is 1.52 bits per heavy atom. The molecule has 0 unspecified atom stereocenters. The standard InChI is InChI=1S/C17H17N3O5/c1-4-7-14(17(23)24-5-2)20-9-6-8-12(16(20)22)18-15(21)13-10-11(3)25-19-13/h1,6,8-10,14H,5,7H2,2-3H3,(H,18,21)/t14-/m1/s1. The predicted octanol–water partition coefficient (Wildman–Crippen LogP) is 1.52. The molecule has 0 radical (unpaired) electrons. The molecule has 25 heavy (non-hydrogen) atoms. The number of anilines is 1. The van der Waals surface area contributed by atoms with E-state index in [1.54, 1.807) is 13.8 Å². The van der Waals surface area contributed by atoms with Crippen molar-refractivity contribution in [3.63, 3.8) is 0 Å². The number of carbonyl (C=O) groups excluding carboxylic acids is 2. The van der Waals surface area contributed by atoms with Crippen molar-refractivity contribution in [1.29, 1.82) is 0 Å². The second-order valence-corrected chi connectivity index (χ2v) is 5.09. The third-order valence-electron chi connectivity index (χ3n) is 3.29. The van der Waals surface area contributed by atoms with E-state index in [2.05, 4.69) is 16.4 Å². The third-order valence-corrected chi connectivity index (χ3v) is 3.29. The van der Waals surface area contributed by atoms with Crippen LogP contribution in [0.15, 0.2) is 33.7 Å². The Bertz CT molecular complexity index is 875. The summed E-state index contributed by atoms with van der Waals surface area (Å²) in [7, 11) is 0. The summed E-state index contributed by atoms with van der Waals surface area (Å²) in [5.41, 5.74) is -0.554. The zero-order chi connectivity index (χ0) is 18.4. The number of amides is 1. The predicted molar refractivity (Wildman–Crippen MR) is 89.0 cm³/mol. The molecule has 0 saturated carbocycles. The summed E-state index contributed by atoms with van der Waals surface area (Å²) in [6, 6.07) is 3.41. The molecule has 8 heteroatoms. The van der Waals surface area contributed by atoms with Gasteiger partial charge < -0.3 is 14.6 Å². The van der Waals surface area contributed by atoms with Gasteiger partial charge in [0.1, 0.15) is 17.5 Å². The number of esters is 1. The number of aromatic nitrogens is 2. The van der Waals surface area contributed by atoms with E-state index in [0.29, 0.717) is 5.76 Å². The molecular weight excluding hydrogens is 326 g/mol. The largest absolute Gasteiger partial charge is 0.464 e. The Kier molecular flexibility index (Phi) is 5.74. The Balaban J connectivity index is 2.32. The van der Waals surface area contributed by atoms with Crippen LogP contribution < -0.4 is 10.9 Å². The van der Waals surface area contributed by atoms with E-state index in [1.165, 1.54) is 24.4 Å². The van der Waals surface area contributed by atoms with Crippen LogP contribution in [0.2, 0.25) is 0 Å². The molecular formula is C17H17N3O5. The number of aryl methyl sites for hydroxylation is 1. The van der Waals surface area contributed by atoms with E-state index in [9.17, 15) is 14.4 Å². The number of hydrogen-bond donors (Lipinski definition) is 1. The van der Waals surface area contributed by atoms with E-state index in [0.717, 1.165) is 4.57 Å². The minimum atomic E-state index is -0.969. The molecule has 2 aromatic heterocycles. The SMILES string of the molecule is C#CC[C@H](C(=O)OCC)n1cccc(NC(=O)c2cc(C)on2)c1=O. The molecule has 2 heterocycles. The van der Waals surface area contributed by atoms with Crippen molar-refractivity contribution < 1.29 is 18.8 Å². The Morgan fingerprint density at radius 3 is 2.88 bits per heavy atom. The average Bonchev–Trinajstić information content (AvgIpc) is 3.02. The number of nitrogens with one attached hydrogen (secondary N) is 1. The maximum Gasteiger partial charge on any atom is 0.330 e. The summed E-state index contributed by atoms with van der Waals surface area (Å²) < 4.78 is 10.9. The molecule has 1 amide bonds. The molecule has 0 saturated heterocycles. The topological polar surface area (TPSA) is 103 Å². The van der Waals surface area contributed by atoms with Crippen molar-refractivity contribution in [3.05, 3.63) is 46.2 Å². The monoisotopic (exact) mass is 343 g/mol. The average molecular weight is 343 g/mol. The Morgan fingerprint density at radius 2 is 2.28 bits per heavy atom.